The Balaban J connectivity index is 1.51. The first kappa shape index (κ1) is 20.5. The van der Waals surface area contributed by atoms with Crippen LogP contribution in [0.25, 0.3) is 10.9 Å². The van der Waals surface area contributed by atoms with Crippen LogP contribution in [-0.4, -0.2) is 50.4 Å². The summed E-state index contributed by atoms with van der Waals surface area (Å²) in [5.74, 6) is -3.54. The number of H-pyrrole nitrogens is 1. The fourth-order valence-corrected chi connectivity index (χ4v) is 4.70. The molecule has 0 spiro atoms. The average molecular weight is 420 g/mol. The predicted molar refractivity (Wildman–Crippen MR) is 108 cm³/mol. The second kappa shape index (κ2) is 7.81. The number of pyridine rings is 1. The topological polar surface area (TPSA) is 117 Å². The van der Waals surface area contributed by atoms with Gasteiger partial charge in [-0.3, -0.25) is 14.7 Å². The van der Waals surface area contributed by atoms with E-state index in [1.54, 1.807) is 4.90 Å². The van der Waals surface area contributed by atoms with Crippen molar-refractivity contribution < 1.29 is 18.4 Å². The molecular formula is C20H26F2N6O2. The lowest BCUT2D eigenvalue weighted by Crippen LogP contribution is -2.53. The number of aromatic amines is 1. The first-order valence-electron chi connectivity index (χ1n) is 10.3. The van der Waals surface area contributed by atoms with Crippen LogP contribution in [0.1, 0.15) is 45.4 Å². The molecule has 3 heterocycles. The zero-order chi connectivity index (χ0) is 21.5. The number of nitrogens with two attached hydrogens (primary N) is 1. The molecule has 1 aliphatic heterocycles. The third-order valence-electron chi connectivity index (χ3n) is 6.39. The van der Waals surface area contributed by atoms with Crippen LogP contribution < -0.4 is 11.1 Å². The molecule has 2 aromatic rings. The van der Waals surface area contributed by atoms with Gasteiger partial charge in [0, 0.05) is 25.4 Å². The van der Waals surface area contributed by atoms with E-state index in [1.165, 1.54) is 12.4 Å². The minimum absolute atomic E-state index is 0.00798. The molecular weight excluding hydrogens is 394 g/mol. The van der Waals surface area contributed by atoms with Gasteiger partial charge >= 0.3 is 11.8 Å². The summed E-state index contributed by atoms with van der Waals surface area (Å²) in [5.41, 5.74) is 6.60. The van der Waals surface area contributed by atoms with Crippen LogP contribution in [0.3, 0.4) is 0 Å². The molecule has 30 heavy (non-hydrogen) atoms. The third-order valence-corrected chi connectivity index (χ3v) is 6.39. The number of rotatable bonds is 2. The number of carbonyl (C=O) groups is 2. The summed E-state index contributed by atoms with van der Waals surface area (Å²) >= 11 is 0. The number of halogens is 2. The van der Waals surface area contributed by atoms with Gasteiger partial charge in [-0.25, -0.2) is 13.8 Å². The van der Waals surface area contributed by atoms with Crippen molar-refractivity contribution in [2.75, 3.05) is 17.6 Å². The Morgan fingerprint density at radius 2 is 1.97 bits per heavy atom. The molecule has 4 N–H and O–H groups in total. The zero-order valence-electron chi connectivity index (χ0n) is 16.8. The lowest BCUT2D eigenvalue weighted by atomic mass is 9.77. The van der Waals surface area contributed by atoms with E-state index in [2.05, 4.69) is 20.5 Å². The van der Waals surface area contributed by atoms with Crippen molar-refractivity contribution >= 4 is 34.2 Å². The molecule has 0 bridgehead atoms. The Morgan fingerprint density at radius 3 is 2.70 bits per heavy atom. The minimum Gasteiger partial charge on any atom is -0.383 e. The van der Waals surface area contributed by atoms with Gasteiger partial charge in [0.25, 0.3) is 0 Å². The highest BCUT2D eigenvalue weighted by molar-refractivity contribution is 6.40. The SMILES string of the molecule is C[C@H]1CC[C@H](C2CCC(F)(F)CC2)N(C(=O)C(=O)Nc2cnc(N)c3cn[nH]c23)C1. The molecule has 2 atom stereocenters. The first-order chi connectivity index (χ1) is 14.2. The normalized spacial score (nSPS) is 24.7. The Morgan fingerprint density at radius 1 is 1.23 bits per heavy atom. The lowest BCUT2D eigenvalue weighted by molar-refractivity contribution is -0.148. The van der Waals surface area contributed by atoms with Crippen LogP contribution in [-0.2, 0) is 9.59 Å². The quantitative estimate of drug-likeness (QED) is 0.646. The highest BCUT2D eigenvalue weighted by Gasteiger charge is 2.42. The summed E-state index contributed by atoms with van der Waals surface area (Å²) in [5, 5.41) is 9.81. The molecule has 2 amide bonds. The molecule has 1 saturated carbocycles. The smallest absolute Gasteiger partial charge is 0.314 e. The molecule has 4 rings (SSSR count). The number of nitrogens with zero attached hydrogens (tertiary/aromatic N) is 3. The molecule has 162 valence electrons. The summed E-state index contributed by atoms with van der Waals surface area (Å²) in [7, 11) is 0. The predicted octanol–water partition coefficient (Wildman–Crippen LogP) is 2.93. The summed E-state index contributed by atoms with van der Waals surface area (Å²) in [4.78, 5) is 31.5. The number of hydrogen-bond donors (Lipinski definition) is 3. The maximum Gasteiger partial charge on any atom is 0.314 e. The van der Waals surface area contributed by atoms with Crippen LogP contribution in [0.4, 0.5) is 20.3 Å². The highest BCUT2D eigenvalue weighted by Crippen LogP contribution is 2.41. The molecule has 1 aliphatic carbocycles. The fourth-order valence-electron chi connectivity index (χ4n) is 4.70. The minimum atomic E-state index is -2.62. The standard InChI is InChI=1S/C20H26F2N6O2/c1-11-2-3-15(12-4-6-20(21,22)7-5-12)28(10-11)19(30)18(29)26-14-9-24-17(23)13-8-25-27-16(13)14/h8-9,11-12,15H,2-7,10H2,1H3,(H2,23,24)(H,25,27)(H,26,29)/t11-,15+/m0/s1. The van der Waals surface area contributed by atoms with Crippen LogP contribution >= 0.6 is 0 Å². The van der Waals surface area contributed by atoms with E-state index in [4.69, 9.17) is 5.73 Å². The second-order valence-corrected chi connectivity index (χ2v) is 8.57. The Bertz CT molecular complexity index is 952. The van der Waals surface area contributed by atoms with Crippen molar-refractivity contribution in [3.8, 4) is 0 Å². The van der Waals surface area contributed by atoms with E-state index >= 15 is 0 Å². The lowest BCUT2D eigenvalue weighted by Gasteiger charge is -2.44. The summed E-state index contributed by atoms with van der Waals surface area (Å²) in [6.07, 6.45) is 4.93. The molecule has 2 fully saturated rings. The van der Waals surface area contributed by atoms with Crippen molar-refractivity contribution in [3.05, 3.63) is 12.4 Å². The molecule has 1 saturated heterocycles. The monoisotopic (exact) mass is 420 g/mol. The number of piperidine rings is 1. The van der Waals surface area contributed by atoms with Gasteiger partial charge in [0.15, 0.2) is 0 Å². The molecule has 2 aliphatic rings. The summed E-state index contributed by atoms with van der Waals surface area (Å²) < 4.78 is 27.2. The number of aromatic nitrogens is 3. The van der Waals surface area contributed by atoms with Crippen LogP contribution in [0, 0.1) is 11.8 Å². The molecule has 0 radical (unpaired) electrons. The van der Waals surface area contributed by atoms with Crippen LogP contribution in [0.2, 0.25) is 0 Å². The number of alkyl halides is 2. The number of anilines is 2. The number of amides is 2. The van der Waals surface area contributed by atoms with Crippen molar-refractivity contribution in [2.45, 2.75) is 57.4 Å². The Labute approximate surface area is 172 Å². The second-order valence-electron chi connectivity index (χ2n) is 8.57. The molecule has 0 aromatic carbocycles. The van der Waals surface area contributed by atoms with Gasteiger partial charge in [0.1, 0.15) is 5.82 Å². The average Bonchev–Trinajstić information content (AvgIpc) is 3.21. The van der Waals surface area contributed by atoms with Crippen molar-refractivity contribution in [1.82, 2.24) is 20.1 Å². The van der Waals surface area contributed by atoms with Gasteiger partial charge in [0.2, 0.25) is 5.92 Å². The first-order valence-corrected chi connectivity index (χ1v) is 10.3. The number of nitrogen functional groups attached to an aromatic ring is 1. The number of hydrogen-bond acceptors (Lipinski definition) is 5. The van der Waals surface area contributed by atoms with Crippen LogP contribution in [0.5, 0.6) is 0 Å². The molecule has 0 unspecified atom stereocenters. The van der Waals surface area contributed by atoms with Crippen molar-refractivity contribution in [1.29, 1.82) is 0 Å². The van der Waals surface area contributed by atoms with E-state index in [0.717, 1.165) is 12.8 Å². The Kier molecular flexibility index (Phi) is 5.33. The third kappa shape index (κ3) is 3.95. The van der Waals surface area contributed by atoms with E-state index < -0.39 is 17.7 Å². The van der Waals surface area contributed by atoms with E-state index in [0.29, 0.717) is 36.0 Å². The molecule has 8 nitrogen and oxygen atoms in total. The van der Waals surface area contributed by atoms with Gasteiger partial charge in [-0.1, -0.05) is 6.92 Å². The zero-order valence-corrected chi connectivity index (χ0v) is 16.8. The summed E-state index contributed by atoms with van der Waals surface area (Å²) in [6.45, 7) is 2.48. The Hall–Kier alpha value is -2.78. The number of nitrogens with one attached hydrogen (secondary N) is 2. The fraction of sp³-hybridized carbons (Fsp3) is 0.600. The maximum atomic E-state index is 13.6. The summed E-state index contributed by atoms with van der Waals surface area (Å²) in [6, 6.07) is -0.188. The maximum absolute atomic E-state index is 13.6. The van der Waals surface area contributed by atoms with E-state index in [9.17, 15) is 18.4 Å². The highest BCUT2D eigenvalue weighted by atomic mass is 19.3. The molecule has 2 aromatic heterocycles. The molecule has 10 heteroatoms. The van der Waals surface area contributed by atoms with Crippen molar-refractivity contribution in [2.24, 2.45) is 11.8 Å². The number of carbonyl (C=O) groups excluding carboxylic acids is 2. The van der Waals surface area contributed by atoms with Crippen LogP contribution in [0.15, 0.2) is 12.4 Å². The number of likely N-dealkylation sites (tertiary alicyclic amines) is 1. The van der Waals surface area contributed by atoms with Gasteiger partial charge in [0.05, 0.1) is 29.0 Å². The van der Waals surface area contributed by atoms with Crippen molar-refractivity contribution in [3.63, 3.8) is 0 Å². The van der Waals surface area contributed by atoms with Gasteiger partial charge in [-0.2, -0.15) is 5.10 Å². The largest absolute Gasteiger partial charge is 0.383 e. The van der Waals surface area contributed by atoms with E-state index in [-0.39, 0.29) is 36.5 Å². The van der Waals surface area contributed by atoms with E-state index in [1.807, 2.05) is 6.92 Å². The van der Waals surface area contributed by atoms with Gasteiger partial charge in [-0.05, 0) is 37.5 Å². The van der Waals surface area contributed by atoms with Gasteiger partial charge in [-0.15, -0.1) is 0 Å². The van der Waals surface area contributed by atoms with Gasteiger partial charge < -0.3 is 16.0 Å². The number of fused-ring (bicyclic) bond motifs is 1.